The molecule has 0 spiro atoms. The lowest BCUT2D eigenvalue weighted by Gasteiger charge is -2.12. The van der Waals surface area contributed by atoms with Gasteiger partial charge in [-0.15, -0.1) is 0 Å². The number of hydrogen-bond acceptors (Lipinski definition) is 9. The fraction of sp³-hybridized carbons (Fsp3) is 0.138. The van der Waals surface area contributed by atoms with E-state index in [4.69, 9.17) is 36.5 Å². The van der Waals surface area contributed by atoms with E-state index in [0.717, 1.165) is 32.8 Å². The van der Waals surface area contributed by atoms with Crippen molar-refractivity contribution < 1.29 is 45.8 Å². The van der Waals surface area contributed by atoms with Crippen LogP contribution in [-0.2, 0) is 10.4 Å². The fourth-order valence-electron chi connectivity index (χ4n) is 4.58. The highest BCUT2D eigenvalue weighted by Gasteiger charge is 2.20. The van der Waals surface area contributed by atoms with Crippen molar-refractivity contribution in [1.29, 1.82) is 0 Å². The Morgan fingerprint density at radius 3 is 1.90 bits per heavy atom. The van der Waals surface area contributed by atoms with Crippen molar-refractivity contribution in [2.24, 2.45) is 0 Å². The van der Waals surface area contributed by atoms with E-state index in [1.54, 1.807) is 40.6 Å². The van der Waals surface area contributed by atoms with E-state index in [1.165, 1.54) is 6.07 Å². The van der Waals surface area contributed by atoms with Gasteiger partial charge in [0.15, 0.2) is 29.2 Å². The number of methoxy groups -OCH3 is 4. The molecule has 0 amide bonds. The average molecular weight is 595 g/mol. The molecule has 0 saturated heterocycles. The standard InChI is InChI=1S/C29H25N2O6.H2O4S/c1-34-26-14-19-10-11-30-24(9-8-18-6-5-7-21(12-18)31(32)33)23-17-29(37-4)27(35-2)15-20(23)13-25(30)22(19)16-28(26)36-3;1-5(2,3)4/h5-17H,1-4H3;(H2,1,2,3,4)/q+1;/p-1/b9-8+;. The second-order valence-electron chi connectivity index (χ2n) is 8.80. The lowest BCUT2D eigenvalue weighted by Crippen LogP contribution is -2.26. The van der Waals surface area contributed by atoms with Crippen LogP contribution < -0.4 is 23.3 Å². The maximum Gasteiger partial charge on any atom is 0.270 e. The number of nitro benzene ring substituents is 1. The van der Waals surface area contributed by atoms with Gasteiger partial charge in [0.1, 0.15) is 0 Å². The molecule has 2 aromatic heterocycles. The molecular weight excluding hydrogens is 568 g/mol. The average Bonchev–Trinajstić information content (AvgIpc) is 2.96. The van der Waals surface area contributed by atoms with E-state index >= 15 is 0 Å². The molecule has 1 N–H and O–H groups in total. The molecule has 0 bridgehead atoms. The Bertz CT molecular complexity index is 1950. The molecule has 0 saturated carbocycles. The van der Waals surface area contributed by atoms with E-state index < -0.39 is 15.3 Å². The lowest BCUT2D eigenvalue weighted by molar-refractivity contribution is -0.511. The SMILES string of the molecule is COc1cc2cc3c4cc(OC)c(OC)cc4cc[n+]3c(/C=C/c3cccc([N+](=O)[O-])c3)c2cc1OC.O=S(=O)([O-])O. The van der Waals surface area contributed by atoms with Gasteiger partial charge in [-0.05, 0) is 46.7 Å². The second-order valence-corrected chi connectivity index (χ2v) is 9.66. The molecule has 0 unspecified atom stereocenters. The monoisotopic (exact) mass is 594 g/mol. The molecule has 13 heteroatoms. The van der Waals surface area contributed by atoms with Crippen LogP contribution in [0.5, 0.6) is 23.0 Å². The largest absolute Gasteiger partial charge is 0.726 e. The molecule has 218 valence electrons. The van der Waals surface area contributed by atoms with Crippen LogP contribution in [0.2, 0.25) is 0 Å². The summed E-state index contributed by atoms with van der Waals surface area (Å²) in [6.45, 7) is 0. The minimum absolute atomic E-state index is 0.0380. The molecule has 0 aliphatic carbocycles. The van der Waals surface area contributed by atoms with Crippen molar-refractivity contribution in [3.63, 3.8) is 0 Å². The Hall–Kier alpha value is -4.98. The molecule has 0 aliphatic heterocycles. The summed E-state index contributed by atoms with van der Waals surface area (Å²) in [5, 5.41) is 15.1. The normalized spacial score (nSPS) is 11.4. The lowest BCUT2D eigenvalue weighted by atomic mass is 10.0. The zero-order chi connectivity index (χ0) is 30.6. The van der Waals surface area contributed by atoms with Crippen LogP contribution in [0, 0.1) is 10.1 Å². The van der Waals surface area contributed by atoms with Crippen molar-refractivity contribution in [3.05, 3.63) is 88.2 Å². The van der Waals surface area contributed by atoms with Gasteiger partial charge in [-0.25, -0.2) is 8.42 Å². The molecule has 5 rings (SSSR count). The van der Waals surface area contributed by atoms with E-state index in [2.05, 4.69) is 10.5 Å². The first-order valence-corrected chi connectivity index (χ1v) is 13.5. The van der Waals surface area contributed by atoms with Crippen molar-refractivity contribution in [2.75, 3.05) is 28.4 Å². The first kappa shape index (κ1) is 30.0. The molecule has 2 heterocycles. The van der Waals surface area contributed by atoms with Gasteiger partial charge in [0.2, 0.25) is 21.6 Å². The topological polar surface area (TPSA) is 162 Å². The molecule has 0 aliphatic rings. The first-order valence-electron chi connectivity index (χ1n) is 12.2. The van der Waals surface area contributed by atoms with Crippen molar-refractivity contribution in [3.8, 4) is 23.0 Å². The summed E-state index contributed by atoms with van der Waals surface area (Å²) in [6, 6.07) is 18.4. The number of rotatable bonds is 7. The highest BCUT2D eigenvalue weighted by molar-refractivity contribution is 7.79. The molecule has 42 heavy (non-hydrogen) atoms. The molecule has 0 fully saturated rings. The van der Waals surface area contributed by atoms with Gasteiger partial charge >= 0.3 is 0 Å². The third-order valence-corrected chi connectivity index (χ3v) is 6.39. The predicted molar refractivity (Wildman–Crippen MR) is 155 cm³/mol. The molecule has 5 aromatic rings. The quantitative estimate of drug-likeness (QED) is 0.0524. The van der Waals surface area contributed by atoms with Crippen LogP contribution in [0.1, 0.15) is 11.3 Å². The zero-order valence-corrected chi connectivity index (χ0v) is 23.7. The number of hydrogen-bond donors (Lipinski definition) is 1. The summed E-state index contributed by atoms with van der Waals surface area (Å²) in [5.74, 6) is 2.50. The highest BCUT2D eigenvalue weighted by Crippen LogP contribution is 2.37. The molecule has 12 nitrogen and oxygen atoms in total. The fourth-order valence-corrected chi connectivity index (χ4v) is 4.58. The summed E-state index contributed by atoms with van der Waals surface area (Å²) >= 11 is 0. The van der Waals surface area contributed by atoms with E-state index in [1.807, 2.05) is 54.7 Å². The van der Waals surface area contributed by atoms with Crippen LogP contribution in [-0.4, -0.2) is 50.9 Å². The summed E-state index contributed by atoms with van der Waals surface area (Å²) in [6.07, 6.45) is 5.81. The van der Waals surface area contributed by atoms with Crippen LogP contribution >= 0.6 is 0 Å². The maximum absolute atomic E-state index is 11.3. The summed E-state index contributed by atoms with van der Waals surface area (Å²) in [5.41, 5.74) is 2.57. The van der Waals surface area contributed by atoms with Gasteiger partial charge in [0, 0.05) is 30.3 Å². The predicted octanol–water partition coefficient (Wildman–Crippen LogP) is 4.85. The number of nitrogens with zero attached hydrogens (tertiary/aromatic N) is 2. The minimum Gasteiger partial charge on any atom is -0.726 e. The molecule has 0 radical (unpaired) electrons. The minimum atomic E-state index is -4.92. The smallest absolute Gasteiger partial charge is 0.270 e. The van der Waals surface area contributed by atoms with E-state index in [9.17, 15) is 10.1 Å². The van der Waals surface area contributed by atoms with Crippen LogP contribution in [0.3, 0.4) is 0 Å². The highest BCUT2D eigenvalue weighted by atomic mass is 32.3. The molecule has 0 atom stereocenters. The Morgan fingerprint density at radius 2 is 1.33 bits per heavy atom. The summed E-state index contributed by atoms with van der Waals surface area (Å²) in [4.78, 5) is 10.9. The zero-order valence-electron chi connectivity index (χ0n) is 22.9. The number of pyridine rings is 2. The molecular formula is C29H26N2O10S. The number of aromatic nitrogens is 1. The van der Waals surface area contributed by atoms with Gasteiger partial charge in [-0.2, -0.15) is 4.40 Å². The molecule has 3 aromatic carbocycles. The van der Waals surface area contributed by atoms with Gasteiger partial charge in [-0.1, -0.05) is 12.1 Å². The Morgan fingerprint density at radius 1 is 0.786 bits per heavy atom. The van der Waals surface area contributed by atoms with Crippen molar-refractivity contribution in [2.45, 2.75) is 0 Å². The number of nitro groups is 1. The summed E-state index contributed by atoms with van der Waals surface area (Å²) in [7, 11) is 1.52. The third-order valence-electron chi connectivity index (χ3n) is 6.39. The van der Waals surface area contributed by atoms with Gasteiger partial charge in [0.25, 0.3) is 5.69 Å². The van der Waals surface area contributed by atoms with Crippen molar-refractivity contribution >= 4 is 55.3 Å². The number of ether oxygens (including phenoxy) is 4. The van der Waals surface area contributed by atoms with Crippen molar-refractivity contribution in [1.82, 2.24) is 0 Å². The van der Waals surface area contributed by atoms with E-state index in [0.29, 0.717) is 28.6 Å². The second kappa shape index (κ2) is 12.3. The van der Waals surface area contributed by atoms with Crippen LogP contribution in [0.15, 0.2) is 66.9 Å². The van der Waals surface area contributed by atoms with Gasteiger partial charge < -0.3 is 23.5 Å². The van der Waals surface area contributed by atoms with Gasteiger partial charge in [0.05, 0.1) is 44.1 Å². The Labute approximate surface area is 240 Å². The summed E-state index contributed by atoms with van der Waals surface area (Å²) < 4.78 is 57.1. The van der Waals surface area contributed by atoms with Crippen LogP contribution in [0.4, 0.5) is 5.69 Å². The number of fused-ring (bicyclic) bond motifs is 4. The maximum atomic E-state index is 11.3. The third kappa shape index (κ3) is 6.49. The van der Waals surface area contributed by atoms with Crippen LogP contribution in [0.25, 0.3) is 39.2 Å². The Balaban J connectivity index is 0.000000748. The van der Waals surface area contributed by atoms with E-state index in [-0.39, 0.29) is 5.69 Å². The number of non-ortho nitro benzene ring substituents is 1. The van der Waals surface area contributed by atoms with Gasteiger partial charge in [-0.3, -0.25) is 14.7 Å². The number of benzene rings is 3. The Kier molecular flexibility index (Phi) is 8.76. The first-order chi connectivity index (χ1) is 20.0.